The molecule has 3 heterocycles. The average molecular weight is 520 g/mol. The summed E-state index contributed by atoms with van der Waals surface area (Å²) in [5, 5.41) is 17.0. The van der Waals surface area contributed by atoms with Crippen LogP contribution < -0.4 is 16.0 Å². The van der Waals surface area contributed by atoms with Crippen LogP contribution in [0.3, 0.4) is 0 Å². The number of guanidine groups is 1. The van der Waals surface area contributed by atoms with Crippen LogP contribution in [0, 0.1) is 0 Å². The third-order valence-corrected chi connectivity index (χ3v) is 3.84. The van der Waals surface area contributed by atoms with Crippen molar-refractivity contribution in [2.45, 2.75) is 12.7 Å². The molecule has 3 N–H and O–H groups in total. The Morgan fingerprint density at radius 2 is 1.93 bits per heavy atom. The quantitative estimate of drug-likeness (QED) is 0.200. The highest BCUT2D eigenvalue weighted by Gasteiger charge is 2.33. The molecule has 8 nitrogen and oxygen atoms in total. The Kier molecular flexibility index (Phi) is 7.99. The Morgan fingerprint density at radius 1 is 1.10 bits per heavy atom. The maximum Gasteiger partial charge on any atom is 0.419 e. The first-order chi connectivity index (χ1) is 13.5. The van der Waals surface area contributed by atoms with Gasteiger partial charge in [0.25, 0.3) is 0 Å². The van der Waals surface area contributed by atoms with Crippen molar-refractivity contribution in [2.24, 2.45) is 4.99 Å². The summed E-state index contributed by atoms with van der Waals surface area (Å²) in [7, 11) is 1.60. The Labute approximate surface area is 182 Å². The van der Waals surface area contributed by atoms with Crippen molar-refractivity contribution in [3.63, 3.8) is 0 Å². The number of nitrogens with zero attached hydrogens (tertiary/aromatic N) is 5. The number of alkyl halides is 3. The number of fused-ring (bicyclic) bond motifs is 1. The van der Waals surface area contributed by atoms with Crippen LogP contribution in [-0.2, 0) is 12.7 Å². The van der Waals surface area contributed by atoms with Gasteiger partial charge in [0.2, 0.25) is 0 Å². The zero-order valence-electron chi connectivity index (χ0n) is 15.4. The molecule has 0 radical (unpaired) electrons. The van der Waals surface area contributed by atoms with E-state index in [9.17, 15) is 13.2 Å². The Hall–Kier alpha value is -2.64. The van der Waals surface area contributed by atoms with Crippen LogP contribution >= 0.6 is 24.0 Å². The fourth-order valence-corrected chi connectivity index (χ4v) is 2.53. The molecule has 0 saturated heterocycles. The number of hydrogen-bond donors (Lipinski definition) is 3. The van der Waals surface area contributed by atoms with Gasteiger partial charge in [-0.3, -0.25) is 9.39 Å². The van der Waals surface area contributed by atoms with E-state index in [2.05, 4.69) is 36.1 Å². The fraction of sp³-hybridized carbons (Fsp3) is 0.294. The molecule has 156 valence electrons. The first kappa shape index (κ1) is 22.6. The summed E-state index contributed by atoms with van der Waals surface area (Å²) in [5.41, 5.74) is -0.0570. The van der Waals surface area contributed by atoms with E-state index in [1.807, 2.05) is 28.8 Å². The molecule has 0 aromatic carbocycles. The van der Waals surface area contributed by atoms with Crippen LogP contribution in [0.25, 0.3) is 5.65 Å². The Bertz CT molecular complexity index is 957. The zero-order valence-corrected chi connectivity index (χ0v) is 17.8. The zero-order chi connectivity index (χ0) is 20.0. The molecule has 0 spiro atoms. The number of pyridine rings is 2. The van der Waals surface area contributed by atoms with Gasteiger partial charge < -0.3 is 16.0 Å². The van der Waals surface area contributed by atoms with Crippen molar-refractivity contribution in [1.29, 1.82) is 0 Å². The predicted octanol–water partition coefficient (Wildman–Crippen LogP) is 2.54. The number of halogens is 4. The van der Waals surface area contributed by atoms with E-state index >= 15 is 0 Å². The topological polar surface area (TPSA) is 91.5 Å². The van der Waals surface area contributed by atoms with Gasteiger partial charge in [0, 0.05) is 32.5 Å². The van der Waals surface area contributed by atoms with Gasteiger partial charge in [-0.15, -0.1) is 34.2 Å². The molecule has 0 saturated carbocycles. The third kappa shape index (κ3) is 5.92. The van der Waals surface area contributed by atoms with Gasteiger partial charge in [-0.25, -0.2) is 4.98 Å². The molecule has 29 heavy (non-hydrogen) atoms. The molecule has 0 aliphatic rings. The summed E-state index contributed by atoms with van der Waals surface area (Å²) in [6.07, 6.45) is -1.28. The lowest BCUT2D eigenvalue weighted by Gasteiger charge is -2.14. The first-order valence-electron chi connectivity index (χ1n) is 8.48. The molecule has 0 amide bonds. The minimum atomic E-state index is -4.46. The summed E-state index contributed by atoms with van der Waals surface area (Å²) < 4.78 is 40.7. The summed E-state index contributed by atoms with van der Waals surface area (Å²) in [4.78, 5) is 7.84. The SMILES string of the molecule is CN=C(NCCNc1ncccc1C(F)(F)F)NCc1nnc2ccccn12.I. The largest absolute Gasteiger partial charge is 0.419 e. The monoisotopic (exact) mass is 520 g/mol. The van der Waals surface area contributed by atoms with Crippen LogP contribution in [0.15, 0.2) is 47.7 Å². The number of hydrogen-bond acceptors (Lipinski definition) is 5. The second-order valence-electron chi connectivity index (χ2n) is 5.72. The smallest absolute Gasteiger partial charge is 0.368 e. The van der Waals surface area contributed by atoms with E-state index in [4.69, 9.17) is 0 Å². The van der Waals surface area contributed by atoms with Crippen LogP contribution in [0.4, 0.5) is 19.0 Å². The number of aliphatic imine (C=N–C) groups is 1. The van der Waals surface area contributed by atoms with Crippen molar-refractivity contribution >= 4 is 41.4 Å². The fourth-order valence-electron chi connectivity index (χ4n) is 2.53. The maximum absolute atomic E-state index is 12.9. The minimum absolute atomic E-state index is 0. The van der Waals surface area contributed by atoms with Crippen molar-refractivity contribution in [2.75, 3.05) is 25.5 Å². The van der Waals surface area contributed by atoms with E-state index in [1.165, 1.54) is 12.3 Å². The van der Waals surface area contributed by atoms with E-state index in [0.717, 1.165) is 11.7 Å². The van der Waals surface area contributed by atoms with Crippen molar-refractivity contribution in [1.82, 2.24) is 30.2 Å². The molecule has 0 aliphatic heterocycles. The highest BCUT2D eigenvalue weighted by atomic mass is 127. The van der Waals surface area contributed by atoms with Crippen LogP contribution in [0.5, 0.6) is 0 Å². The number of aromatic nitrogens is 4. The summed E-state index contributed by atoms with van der Waals surface area (Å²) in [6.45, 7) is 0.958. The van der Waals surface area contributed by atoms with E-state index in [1.54, 1.807) is 7.05 Å². The number of nitrogens with one attached hydrogen (secondary N) is 3. The van der Waals surface area contributed by atoms with Gasteiger partial charge in [-0.05, 0) is 24.3 Å². The standard InChI is InChI=1S/C17H19F3N8.HI/c1-21-16(25-11-14-27-26-13-6-2-3-10-28(13)14)24-9-8-23-15-12(17(18,19)20)5-4-7-22-15;/h2-7,10H,8-9,11H2,1H3,(H,22,23)(H2,21,24,25);1H. The van der Waals surface area contributed by atoms with Gasteiger partial charge in [0.05, 0.1) is 12.1 Å². The molecule has 3 aromatic heterocycles. The average Bonchev–Trinajstić information content (AvgIpc) is 3.10. The van der Waals surface area contributed by atoms with Crippen LogP contribution in [0.2, 0.25) is 0 Å². The van der Waals surface area contributed by atoms with E-state index < -0.39 is 11.7 Å². The van der Waals surface area contributed by atoms with Gasteiger partial charge in [0.15, 0.2) is 17.4 Å². The summed E-state index contributed by atoms with van der Waals surface area (Å²) in [6, 6.07) is 7.85. The molecule has 0 atom stereocenters. The highest BCUT2D eigenvalue weighted by molar-refractivity contribution is 14.0. The van der Waals surface area contributed by atoms with E-state index in [-0.39, 0.29) is 36.3 Å². The molecular formula is C17H20F3IN8. The van der Waals surface area contributed by atoms with Crippen molar-refractivity contribution in [3.8, 4) is 0 Å². The van der Waals surface area contributed by atoms with E-state index in [0.29, 0.717) is 24.9 Å². The van der Waals surface area contributed by atoms with Gasteiger partial charge in [0.1, 0.15) is 5.82 Å². The minimum Gasteiger partial charge on any atom is -0.368 e. The molecule has 0 aliphatic carbocycles. The molecule has 12 heteroatoms. The lowest BCUT2D eigenvalue weighted by Crippen LogP contribution is -2.39. The molecule has 0 bridgehead atoms. The number of anilines is 1. The van der Waals surface area contributed by atoms with Gasteiger partial charge in [-0.1, -0.05) is 6.07 Å². The number of rotatable bonds is 6. The normalized spacial score (nSPS) is 11.8. The van der Waals surface area contributed by atoms with Crippen LogP contribution in [-0.4, -0.2) is 45.7 Å². The van der Waals surface area contributed by atoms with Gasteiger partial charge >= 0.3 is 6.18 Å². The lowest BCUT2D eigenvalue weighted by molar-refractivity contribution is -0.137. The van der Waals surface area contributed by atoms with Crippen LogP contribution in [0.1, 0.15) is 11.4 Å². The molecule has 0 unspecified atom stereocenters. The summed E-state index contributed by atoms with van der Waals surface area (Å²) in [5.74, 6) is 1.00. The Morgan fingerprint density at radius 3 is 2.69 bits per heavy atom. The van der Waals surface area contributed by atoms with Gasteiger partial charge in [-0.2, -0.15) is 13.2 Å². The second-order valence-corrected chi connectivity index (χ2v) is 5.72. The molecule has 3 rings (SSSR count). The molecule has 0 fully saturated rings. The third-order valence-electron chi connectivity index (χ3n) is 3.84. The molecular weight excluding hydrogens is 500 g/mol. The van der Waals surface area contributed by atoms with Crippen molar-refractivity contribution < 1.29 is 13.2 Å². The first-order valence-corrected chi connectivity index (χ1v) is 8.48. The second kappa shape index (κ2) is 10.2. The maximum atomic E-state index is 12.9. The lowest BCUT2D eigenvalue weighted by atomic mass is 10.2. The Balaban J connectivity index is 0.00000300. The predicted molar refractivity (Wildman–Crippen MR) is 114 cm³/mol. The van der Waals surface area contributed by atoms with Crippen molar-refractivity contribution in [3.05, 3.63) is 54.1 Å². The highest BCUT2D eigenvalue weighted by Crippen LogP contribution is 2.33. The summed E-state index contributed by atoms with van der Waals surface area (Å²) >= 11 is 0. The molecule has 3 aromatic rings.